The van der Waals surface area contributed by atoms with Crippen LogP contribution in [0, 0.1) is 6.92 Å². The predicted molar refractivity (Wildman–Crippen MR) is 76.6 cm³/mol. The Bertz CT molecular complexity index is 591. The quantitative estimate of drug-likeness (QED) is 0.924. The van der Waals surface area contributed by atoms with Crippen LogP contribution < -0.4 is 4.74 Å². The first-order valence-electron chi connectivity index (χ1n) is 5.77. The van der Waals surface area contributed by atoms with Crippen molar-refractivity contribution in [3.05, 3.63) is 63.6 Å². The maximum absolute atomic E-state index is 10.7. The fourth-order valence-electron chi connectivity index (χ4n) is 1.63. The smallest absolute Gasteiger partial charge is 0.335 e. The zero-order chi connectivity index (χ0) is 13.8. The van der Waals surface area contributed by atoms with E-state index in [1.807, 2.05) is 25.1 Å². The van der Waals surface area contributed by atoms with Crippen LogP contribution in [0.3, 0.4) is 0 Å². The minimum atomic E-state index is -0.921. The van der Waals surface area contributed by atoms with E-state index >= 15 is 0 Å². The Morgan fingerprint density at radius 2 is 1.89 bits per heavy atom. The van der Waals surface area contributed by atoms with Crippen molar-refractivity contribution in [2.24, 2.45) is 0 Å². The molecular weight excluding hydrogens is 308 g/mol. The molecule has 0 aliphatic rings. The highest BCUT2D eigenvalue weighted by atomic mass is 79.9. The Kier molecular flexibility index (Phi) is 4.22. The first-order valence-corrected chi connectivity index (χ1v) is 6.57. The van der Waals surface area contributed by atoms with E-state index in [0.29, 0.717) is 6.61 Å². The number of carbonyl (C=O) groups is 1. The third-order valence-corrected chi connectivity index (χ3v) is 3.24. The SMILES string of the molecule is Cc1ccc(Br)cc1OCc1ccc(C(=O)O)cc1. The summed E-state index contributed by atoms with van der Waals surface area (Å²) in [5, 5.41) is 8.81. The van der Waals surface area contributed by atoms with Gasteiger partial charge in [0.05, 0.1) is 5.56 Å². The molecule has 0 aliphatic carbocycles. The van der Waals surface area contributed by atoms with Gasteiger partial charge in [-0.2, -0.15) is 0 Å². The zero-order valence-corrected chi connectivity index (χ0v) is 12.0. The highest BCUT2D eigenvalue weighted by Gasteiger charge is 2.04. The number of aryl methyl sites for hydroxylation is 1. The molecule has 3 nitrogen and oxygen atoms in total. The second-order valence-corrected chi connectivity index (χ2v) is 5.12. The molecule has 1 N–H and O–H groups in total. The van der Waals surface area contributed by atoms with Crippen molar-refractivity contribution in [3.63, 3.8) is 0 Å². The fourth-order valence-corrected chi connectivity index (χ4v) is 1.97. The molecule has 0 atom stereocenters. The van der Waals surface area contributed by atoms with E-state index in [4.69, 9.17) is 9.84 Å². The van der Waals surface area contributed by atoms with Gasteiger partial charge in [-0.15, -0.1) is 0 Å². The predicted octanol–water partition coefficient (Wildman–Crippen LogP) is 4.03. The van der Waals surface area contributed by atoms with E-state index in [1.165, 1.54) is 0 Å². The van der Waals surface area contributed by atoms with Gasteiger partial charge >= 0.3 is 5.97 Å². The summed E-state index contributed by atoms with van der Waals surface area (Å²) < 4.78 is 6.69. The topological polar surface area (TPSA) is 46.5 Å². The highest BCUT2D eigenvalue weighted by Crippen LogP contribution is 2.23. The van der Waals surface area contributed by atoms with Gasteiger partial charge in [0.25, 0.3) is 0 Å². The number of aromatic carboxylic acids is 1. The number of carboxylic acid groups (broad SMARTS) is 1. The minimum absolute atomic E-state index is 0.280. The molecule has 0 unspecified atom stereocenters. The summed E-state index contributed by atoms with van der Waals surface area (Å²) >= 11 is 3.40. The molecule has 0 heterocycles. The molecule has 2 aromatic carbocycles. The summed E-state index contributed by atoms with van der Waals surface area (Å²) in [7, 11) is 0. The third-order valence-electron chi connectivity index (χ3n) is 2.75. The monoisotopic (exact) mass is 320 g/mol. The summed E-state index contributed by atoms with van der Waals surface area (Å²) in [4.78, 5) is 10.7. The number of rotatable bonds is 4. The Labute approximate surface area is 120 Å². The van der Waals surface area contributed by atoms with Gasteiger partial charge < -0.3 is 9.84 Å². The first kappa shape index (κ1) is 13.6. The molecule has 2 rings (SSSR count). The maximum atomic E-state index is 10.7. The van der Waals surface area contributed by atoms with E-state index < -0.39 is 5.97 Å². The maximum Gasteiger partial charge on any atom is 0.335 e. The Morgan fingerprint density at radius 1 is 1.21 bits per heavy atom. The van der Waals surface area contributed by atoms with E-state index in [9.17, 15) is 4.79 Å². The van der Waals surface area contributed by atoms with E-state index in [1.54, 1.807) is 24.3 Å². The zero-order valence-electron chi connectivity index (χ0n) is 10.4. The van der Waals surface area contributed by atoms with Gasteiger partial charge in [-0.1, -0.05) is 34.1 Å². The lowest BCUT2D eigenvalue weighted by Gasteiger charge is -2.09. The summed E-state index contributed by atoms with van der Waals surface area (Å²) in [6, 6.07) is 12.5. The van der Waals surface area contributed by atoms with Crippen molar-refractivity contribution in [3.8, 4) is 5.75 Å². The van der Waals surface area contributed by atoms with Crippen molar-refractivity contribution >= 4 is 21.9 Å². The van der Waals surface area contributed by atoms with E-state index in [-0.39, 0.29) is 5.56 Å². The van der Waals surface area contributed by atoms with Crippen LogP contribution in [0.4, 0.5) is 0 Å². The van der Waals surface area contributed by atoms with Crippen molar-refractivity contribution in [2.45, 2.75) is 13.5 Å². The van der Waals surface area contributed by atoms with Crippen molar-refractivity contribution in [1.82, 2.24) is 0 Å². The van der Waals surface area contributed by atoms with Crippen molar-refractivity contribution in [1.29, 1.82) is 0 Å². The molecule has 98 valence electrons. The summed E-state index contributed by atoms with van der Waals surface area (Å²) in [6.45, 7) is 2.40. The van der Waals surface area contributed by atoms with E-state index in [0.717, 1.165) is 21.3 Å². The summed E-state index contributed by atoms with van der Waals surface area (Å²) in [6.07, 6.45) is 0. The molecule has 0 amide bonds. The molecular formula is C15H13BrO3. The fraction of sp³-hybridized carbons (Fsp3) is 0.133. The Morgan fingerprint density at radius 3 is 2.53 bits per heavy atom. The van der Waals surface area contributed by atoms with Crippen LogP contribution in [-0.2, 0) is 6.61 Å². The Hall–Kier alpha value is -1.81. The van der Waals surface area contributed by atoms with Gasteiger partial charge in [-0.3, -0.25) is 0 Å². The minimum Gasteiger partial charge on any atom is -0.489 e. The van der Waals surface area contributed by atoms with Crippen LogP contribution in [0.2, 0.25) is 0 Å². The first-order chi connectivity index (χ1) is 9.06. The lowest BCUT2D eigenvalue weighted by Crippen LogP contribution is -1.99. The van der Waals surface area contributed by atoms with Crippen LogP contribution in [0.1, 0.15) is 21.5 Å². The second-order valence-electron chi connectivity index (χ2n) is 4.20. The standard InChI is InChI=1S/C15H13BrO3/c1-10-2-7-13(16)8-14(10)19-9-11-3-5-12(6-4-11)15(17)18/h2-8H,9H2,1H3,(H,17,18). The molecule has 0 saturated heterocycles. The molecule has 0 spiro atoms. The average Bonchev–Trinajstić information content (AvgIpc) is 2.40. The molecule has 0 aliphatic heterocycles. The summed E-state index contributed by atoms with van der Waals surface area (Å²) in [5.74, 6) is -0.105. The van der Waals surface area contributed by atoms with Crippen LogP contribution in [0.15, 0.2) is 46.9 Å². The van der Waals surface area contributed by atoms with Gasteiger partial charge in [0, 0.05) is 4.47 Å². The number of benzene rings is 2. The van der Waals surface area contributed by atoms with Crippen LogP contribution in [-0.4, -0.2) is 11.1 Å². The van der Waals surface area contributed by atoms with Gasteiger partial charge in [-0.25, -0.2) is 4.79 Å². The number of hydrogen-bond donors (Lipinski definition) is 1. The molecule has 0 bridgehead atoms. The number of halogens is 1. The van der Waals surface area contributed by atoms with Gasteiger partial charge in [0.2, 0.25) is 0 Å². The molecule has 4 heteroatoms. The largest absolute Gasteiger partial charge is 0.489 e. The van der Waals surface area contributed by atoms with Gasteiger partial charge in [0.1, 0.15) is 12.4 Å². The second kappa shape index (κ2) is 5.89. The van der Waals surface area contributed by atoms with Crippen LogP contribution in [0.5, 0.6) is 5.75 Å². The lowest BCUT2D eigenvalue weighted by molar-refractivity contribution is 0.0697. The number of hydrogen-bond acceptors (Lipinski definition) is 2. The highest BCUT2D eigenvalue weighted by molar-refractivity contribution is 9.10. The molecule has 0 saturated carbocycles. The summed E-state index contributed by atoms with van der Waals surface area (Å²) in [5.41, 5.74) is 2.28. The lowest BCUT2D eigenvalue weighted by atomic mass is 10.1. The van der Waals surface area contributed by atoms with E-state index in [2.05, 4.69) is 15.9 Å². The number of carboxylic acids is 1. The van der Waals surface area contributed by atoms with Crippen LogP contribution in [0.25, 0.3) is 0 Å². The molecule has 0 radical (unpaired) electrons. The normalized spacial score (nSPS) is 10.2. The molecule has 19 heavy (non-hydrogen) atoms. The van der Waals surface area contributed by atoms with Crippen molar-refractivity contribution in [2.75, 3.05) is 0 Å². The molecule has 2 aromatic rings. The van der Waals surface area contributed by atoms with Crippen LogP contribution >= 0.6 is 15.9 Å². The van der Waals surface area contributed by atoms with Gasteiger partial charge in [0.15, 0.2) is 0 Å². The van der Waals surface area contributed by atoms with Gasteiger partial charge in [-0.05, 0) is 42.3 Å². The average molecular weight is 321 g/mol. The van der Waals surface area contributed by atoms with Crippen molar-refractivity contribution < 1.29 is 14.6 Å². The molecule has 0 aromatic heterocycles. The number of ether oxygens (including phenoxy) is 1. The molecule has 0 fully saturated rings. The third kappa shape index (κ3) is 3.58. The Balaban J connectivity index is 2.06.